The van der Waals surface area contributed by atoms with Crippen molar-refractivity contribution in [3.05, 3.63) is 41.0 Å². The largest absolute Gasteiger partial charge is 0.337 e. The Bertz CT molecular complexity index is 650. The predicted octanol–water partition coefficient (Wildman–Crippen LogP) is 2.98. The van der Waals surface area contributed by atoms with Gasteiger partial charge in [-0.25, -0.2) is 0 Å². The van der Waals surface area contributed by atoms with E-state index in [9.17, 15) is 4.79 Å². The molecule has 0 radical (unpaired) electrons. The van der Waals surface area contributed by atoms with E-state index < -0.39 is 0 Å². The fraction of sp³-hybridized carbons (Fsp3) is 0.375. The summed E-state index contributed by atoms with van der Waals surface area (Å²) >= 11 is 5.89. The molecule has 7 heteroatoms. The second-order valence-corrected chi connectivity index (χ2v) is 6.01. The van der Waals surface area contributed by atoms with Gasteiger partial charge in [0.15, 0.2) is 0 Å². The SMILES string of the molecule is CN(C(=O)c1cc(-c2ccc(Cl)cc2)n[nH]1)C1CCNCC1.Cl. The number of nitrogens with zero attached hydrogens (tertiary/aromatic N) is 2. The smallest absolute Gasteiger partial charge is 0.271 e. The standard InChI is InChI=1S/C16H19ClN4O.ClH/c1-21(13-6-8-18-9-7-13)16(22)15-10-14(19-20-15)11-2-4-12(17)5-3-11;/h2-5,10,13,18H,6-9H2,1H3,(H,19,20);1H. The zero-order valence-electron chi connectivity index (χ0n) is 12.9. The van der Waals surface area contributed by atoms with Crippen molar-refractivity contribution in [3.8, 4) is 11.3 Å². The third kappa shape index (κ3) is 4.05. The van der Waals surface area contributed by atoms with Crippen LogP contribution in [0.5, 0.6) is 0 Å². The molecular formula is C16H20Cl2N4O. The number of H-pyrrole nitrogens is 1. The summed E-state index contributed by atoms with van der Waals surface area (Å²) in [5.74, 6) is -0.0142. The normalized spacial score (nSPS) is 15.0. The van der Waals surface area contributed by atoms with Crippen molar-refractivity contribution in [1.82, 2.24) is 20.4 Å². The molecule has 1 amide bonds. The Morgan fingerprint density at radius 2 is 1.91 bits per heavy atom. The van der Waals surface area contributed by atoms with Crippen LogP contribution in [0, 0.1) is 0 Å². The van der Waals surface area contributed by atoms with Gasteiger partial charge in [0.05, 0.1) is 5.69 Å². The van der Waals surface area contributed by atoms with Crippen LogP contribution in [-0.4, -0.2) is 47.2 Å². The van der Waals surface area contributed by atoms with Gasteiger partial charge in [0.2, 0.25) is 0 Å². The van der Waals surface area contributed by atoms with E-state index in [2.05, 4.69) is 15.5 Å². The molecule has 0 aliphatic carbocycles. The fourth-order valence-corrected chi connectivity index (χ4v) is 2.88. The van der Waals surface area contributed by atoms with Crippen LogP contribution in [0.25, 0.3) is 11.3 Å². The summed E-state index contributed by atoms with van der Waals surface area (Å²) in [7, 11) is 1.86. The van der Waals surface area contributed by atoms with Crippen molar-refractivity contribution >= 4 is 29.9 Å². The van der Waals surface area contributed by atoms with E-state index in [1.807, 2.05) is 36.2 Å². The highest BCUT2D eigenvalue weighted by Gasteiger charge is 2.24. The summed E-state index contributed by atoms with van der Waals surface area (Å²) in [5.41, 5.74) is 2.20. The molecular weight excluding hydrogens is 335 g/mol. The first-order valence-electron chi connectivity index (χ1n) is 7.44. The molecule has 0 saturated carbocycles. The Morgan fingerprint density at radius 3 is 2.57 bits per heavy atom. The van der Waals surface area contributed by atoms with Gasteiger partial charge in [0, 0.05) is 23.7 Å². The number of piperidine rings is 1. The van der Waals surface area contributed by atoms with Crippen molar-refractivity contribution in [2.45, 2.75) is 18.9 Å². The Labute approximate surface area is 146 Å². The molecule has 0 unspecified atom stereocenters. The second kappa shape index (κ2) is 7.81. The quantitative estimate of drug-likeness (QED) is 0.890. The molecule has 23 heavy (non-hydrogen) atoms. The summed E-state index contributed by atoms with van der Waals surface area (Å²) < 4.78 is 0. The molecule has 2 N–H and O–H groups in total. The molecule has 1 fully saturated rings. The maximum atomic E-state index is 12.6. The van der Waals surface area contributed by atoms with E-state index in [1.54, 1.807) is 6.07 Å². The number of aromatic amines is 1. The van der Waals surface area contributed by atoms with Gasteiger partial charge >= 0.3 is 0 Å². The number of hydrogen-bond donors (Lipinski definition) is 2. The van der Waals surface area contributed by atoms with Gasteiger partial charge in [-0.3, -0.25) is 9.89 Å². The number of hydrogen-bond acceptors (Lipinski definition) is 3. The predicted molar refractivity (Wildman–Crippen MR) is 94.3 cm³/mol. The molecule has 1 aromatic heterocycles. The van der Waals surface area contributed by atoms with Crippen molar-refractivity contribution in [1.29, 1.82) is 0 Å². The highest BCUT2D eigenvalue weighted by molar-refractivity contribution is 6.30. The van der Waals surface area contributed by atoms with E-state index in [4.69, 9.17) is 11.6 Å². The maximum absolute atomic E-state index is 12.6. The number of aromatic nitrogens is 2. The molecule has 1 aromatic carbocycles. The minimum Gasteiger partial charge on any atom is -0.337 e. The Hall–Kier alpha value is -1.56. The molecule has 5 nitrogen and oxygen atoms in total. The van der Waals surface area contributed by atoms with Gasteiger partial charge in [0.1, 0.15) is 5.69 Å². The zero-order valence-corrected chi connectivity index (χ0v) is 14.5. The summed E-state index contributed by atoms with van der Waals surface area (Å²) in [6, 6.07) is 9.49. The Kier molecular flexibility index (Phi) is 6.04. The fourth-order valence-electron chi connectivity index (χ4n) is 2.75. The van der Waals surface area contributed by atoms with E-state index in [0.29, 0.717) is 10.7 Å². The molecule has 124 valence electrons. The summed E-state index contributed by atoms with van der Waals surface area (Å²) in [6.07, 6.45) is 1.97. The summed E-state index contributed by atoms with van der Waals surface area (Å²) in [5, 5.41) is 11.1. The molecule has 1 aliphatic rings. The van der Waals surface area contributed by atoms with Crippen LogP contribution in [0.1, 0.15) is 23.3 Å². The van der Waals surface area contributed by atoms with E-state index >= 15 is 0 Å². The van der Waals surface area contributed by atoms with Gasteiger partial charge in [-0.1, -0.05) is 23.7 Å². The number of nitrogens with one attached hydrogen (secondary N) is 2. The first kappa shape index (κ1) is 17.8. The third-order valence-corrected chi connectivity index (χ3v) is 4.38. The highest BCUT2D eigenvalue weighted by Crippen LogP contribution is 2.21. The molecule has 2 aromatic rings. The topological polar surface area (TPSA) is 61.0 Å². The van der Waals surface area contributed by atoms with Crippen molar-refractivity contribution in [3.63, 3.8) is 0 Å². The summed E-state index contributed by atoms with van der Waals surface area (Å²) in [6.45, 7) is 1.92. The number of halogens is 2. The number of amides is 1. The Balaban J connectivity index is 0.00000192. The van der Waals surface area contributed by atoms with Gasteiger partial charge in [-0.2, -0.15) is 5.10 Å². The van der Waals surface area contributed by atoms with E-state index in [0.717, 1.165) is 37.2 Å². The van der Waals surface area contributed by atoms with Gasteiger partial charge in [0.25, 0.3) is 5.91 Å². The first-order valence-corrected chi connectivity index (χ1v) is 7.82. The lowest BCUT2D eigenvalue weighted by Crippen LogP contribution is -2.44. The zero-order chi connectivity index (χ0) is 15.5. The monoisotopic (exact) mass is 354 g/mol. The molecule has 3 rings (SSSR count). The summed E-state index contributed by atoms with van der Waals surface area (Å²) in [4.78, 5) is 14.4. The highest BCUT2D eigenvalue weighted by atomic mass is 35.5. The van der Waals surface area contributed by atoms with Gasteiger partial charge < -0.3 is 10.2 Å². The van der Waals surface area contributed by atoms with Crippen LogP contribution >= 0.6 is 24.0 Å². The van der Waals surface area contributed by atoms with Crippen LogP contribution in [0.4, 0.5) is 0 Å². The number of carbonyl (C=O) groups is 1. The van der Waals surface area contributed by atoms with Gasteiger partial charge in [-0.15, -0.1) is 12.4 Å². The van der Waals surface area contributed by atoms with Crippen LogP contribution in [0.15, 0.2) is 30.3 Å². The molecule has 1 aliphatic heterocycles. The maximum Gasteiger partial charge on any atom is 0.271 e. The average molecular weight is 355 g/mol. The van der Waals surface area contributed by atoms with Crippen LogP contribution in [0.2, 0.25) is 5.02 Å². The average Bonchev–Trinajstić information content (AvgIpc) is 3.05. The molecule has 2 heterocycles. The van der Waals surface area contributed by atoms with Crippen LogP contribution in [-0.2, 0) is 0 Å². The van der Waals surface area contributed by atoms with Crippen LogP contribution < -0.4 is 5.32 Å². The number of benzene rings is 1. The van der Waals surface area contributed by atoms with Crippen molar-refractivity contribution in [2.75, 3.05) is 20.1 Å². The second-order valence-electron chi connectivity index (χ2n) is 5.57. The lowest BCUT2D eigenvalue weighted by molar-refractivity contribution is 0.0697. The lowest BCUT2D eigenvalue weighted by atomic mass is 10.0. The van der Waals surface area contributed by atoms with E-state index in [-0.39, 0.29) is 24.4 Å². The van der Waals surface area contributed by atoms with E-state index in [1.165, 1.54) is 0 Å². The molecule has 0 bridgehead atoms. The van der Waals surface area contributed by atoms with Crippen LogP contribution in [0.3, 0.4) is 0 Å². The van der Waals surface area contributed by atoms with Gasteiger partial charge in [-0.05, 0) is 44.1 Å². The van der Waals surface area contributed by atoms with Crippen molar-refractivity contribution in [2.24, 2.45) is 0 Å². The molecule has 1 saturated heterocycles. The number of carbonyl (C=O) groups excluding carboxylic acids is 1. The number of rotatable bonds is 3. The first-order chi connectivity index (χ1) is 10.6. The minimum atomic E-state index is -0.0142. The molecule has 0 atom stereocenters. The minimum absolute atomic E-state index is 0. The van der Waals surface area contributed by atoms with Crippen molar-refractivity contribution < 1.29 is 4.79 Å². The Morgan fingerprint density at radius 1 is 1.26 bits per heavy atom. The molecule has 0 spiro atoms. The third-order valence-electron chi connectivity index (χ3n) is 4.12. The lowest BCUT2D eigenvalue weighted by Gasteiger charge is -2.31.